The average molecular weight is 630 g/mol. The van der Waals surface area contributed by atoms with Crippen LogP contribution in [0.4, 0.5) is 35.1 Å². The molecule has 0 saturated heterocycles. The molecule has 3 aromatic carbocycles. The van der Waals surface area contributed by atoms with Gasteiger partial charge in [0.2, 0.25) is 0 Å². The number of hydrogen-bond donors (Lipinski definition) is 1. The number of hydrogen-bond acceptors (Lipinski definition) is 1. The third-order valence-electron chi connectivity index (χ3n) is 5.94. The van der Waals surface area contributed by atoms with Crippen LogP contribution in [0.15, 0.2) is 113 Å². The molecule has 1 amide bonds. The minimum atomic E-state index is -5.11. The lowest BCUT2D eigenvalue weighted by Gasteiger charge is -2.37. The highest BCUT2D eigenvalue weighted by atomic mass is 79.9. The predicted octanol–water partition coefficient (Wildman–Crippen LogP) is 9.00. The predicted molar refractivity (Wildman–Crippen MR) is 138 cm³/mol. The normalized spacial score (nSPS) is 14.2. The van der Waals surface area contributed by atoms with Crippen molar-refractivity contribution in [3.8, 4) is 0 Å². The van der Waals surface area contributed by atoms with E-state index in [2.05, 4.69) is 27.8 Å². The first-order valence-corrected chi connectivity index (χ1v) is 12.2. The summed E-state index contributed by atoms with van der Waals surface area (Å²) in [6, 6.07) is 15.9. The fraction of sp³-hybridized carbons (Fsp3) is 0.138. The highest BCUT2D eigenvalue weighted by Crippen LogP contribution is 2.38. The van der Waals surface area contributed by atoms with Crippen molar-refractivity contribution in [2.45, 2.75) is 24.3 Å². The SMILES string of the molecule is C=C(C=C(C=CF)C(F)(F)F)[C@](Cc1ccccc1)(NC(=O)c1ccc(F)c(C(F)(F)F)c1)c1cccc(Br)c1. The Morgan fingerprint density at radius 1 is 0.925 bits per heavy atom. The lowest BCUT2D eigenvalue weighted by atomic mass is 9.77. The van der Waals surface area contributed by atoms with Gasteiger partial charge in [-0.15, -0.1) is 0 Å². The molecule has 0 aliphatic carbocycles. The van der Waals surface area contributed by atoms with E-state index in [0.717, 1.165) is 6.07 Å². The second-order valence-corrected chi connectivity index (χ2v) is 9.56. The van der Waals surface area contributed by atoms with Gasteiger partial charge in [-0.25, -0.2) is 8.78 Å². The topological polar surface area (TPSA) is 29.1 Å². The summed E-state index contributed by atoms with van der Waals surface area (Å²) >= 11 is 3.28. The van der Waals surface area contributed by atoms with Crippen LogP contribution in [0.25, 0.3) is 0 Å². The largest absolute Gasteiger partial charge is 0.419 e. The third kappa shape index (κ3) is 7.26. The van der Waals surface area contributed by atoms with E-state index in [9.17, 15) is 39.9 Å². The zero-order valence-electron chi connectivity index (χ0n) is 20.4. The summed E-state index contributed by atoms with van der Waals surface area (Å²) in [6.45, 7) is 3.78. The van der Waals surface area contributed by atoms with E-state index < -0.39 is 46.3 Å². The van der Waals surface area contributed by atoms with E-state index in [4.69, 9.17) is 0 Å². The third-order valence-corrected chi connectivity index (χ3v) is 6.43. The van der Waals surface area contributed by atoms with E-state index in [1.807, 2.05) is 0 Å². The molecule has 2 nitrogen and oxygen atoms in total. The van der Waals surface area contributed by atoms with Crippen molar-refractivity contribution in [3.63, 3.8) is 0 Å². The second kappa shape index (κ2) is 12.2. The first kappa shape index (κ1) is 30.8. The molecule has 0 heterocycles. The van der Waals surface area contributed by atoms with Crippen LogP contribution in [-0.4, -0.2) is 12.1 Å². The van der Waals surface area contributed by atoms with Gasteiger partial charge >= 0.3 is 12.4 Å². The van der Waals surface area contributed by atoms with Crippen molar-refractivity contribution >= 4 is 21.8 Å². The molecule has 11 heteroatoms. The van der Waals surface area contributed by atoms with E-state index in [1.165, 1.54) is 18.2 Å². The summed E-state index contributed by atoms with van der Waals surface area (Å²) in [5, 5.41) is 2.56. The molecule has 0 fully saturated rings. The number of carbonyl (C=O) groups is 1. The zero-order chi connectivity index (χ0) is 29.7. The molecule has 0 bridgehead atoms. The van der Waals surface area contributed by atoms with Gasteiger partial charge in [0.05, 0.1) is 23.0 Å². The van der Waals surface area contributed by atoms with Crippen molar-refractivity contribution in [1.82, 2.24) is 5.32 Å². The summed E-state index contributed by atoms with van der Waals surface area (Å²) in [5.74, 6) is -2.75. The molecular weight excluding hydrogens is 610 g/mol. The van der Waals surface area contributed by atoms with Crippen LogP contribution in [0, 0.1) is 5.82 Å². The summed E-state index contributed by atoms with van der Waals surface area (Å²) in [4.78, 5) is 13.4. The quantitative estimate of drug-likeness (QED) is 0.195. The van der Waals surface area contributed by atoms with Crippen LogP contribution in [0.1, 0.15) is 27.0 Å². The highest BCUT2D eigenvalue weighted by molar-refractivity contribution is 9.10. The first-order chi connectivity index (χ1) is 18.7. The maximum atomic E-state index is 13.9. The molecule has 1 N–H and O–H groups in total. The zero-order valence-corrected chi connectivity index (χ0v) is 22.0. The van der Waals surface area contributed by atoms with Gasteiger partial charge in [-0.3, -0.25) is 4.79 Å². The van der Waals surface area contributed by atoms with Crippen molar-refractivity contribution in [2.75, 3.05) is 0 Å². The summed E-state index contributed by atoms with van der Waals surface area (Å²) in [5.41, 5.74) is -5.24. The summed E-state index contributed by atoms with van der Waals surface area (Å²) in [7, 11) is 0. The lowest BCUT2D eigenvalue weighted by molar-refractivity contribution is -0.140. The Labute approximate surface area is 232 Å². The summed E-state index contributed by atoms with van der Waals surface area (Å²) < 4.78 is 108. The van der Waals surface area contributed by atoms with Crippen LogP contribution >= 0.6 is 15.9 Å². The molecule has 40 heavy (non-hydrogen) atoms. The maximum absolute atomic E-state index is 13.9. The Bertz CT molecular complexity index is 1440. The van der Waals surface area contributed by atoms with Crippen LogP contribution in [0.3, 0.4) is 0 Å². The Balaban J connectivity index is 2.28. The Hall–Kier alpha value is -3.73. The Morgan fingerprint density at radius 3 is 2.17 bits per heavy atom. The fourth-order valence-corrected chi connectivity index (χ4v) is 4.41. The van der Waals surface area contributed by atoms with Crippen LogP contribution in [0.2, 0.25) is 0 Å². The number of benzene rings is 3. The van der Waals surface area contributed by atoms with Crippen LogP contribution < -0.4 is 5.32 Å². The molecule has 0 saturated carbocycles. The van der Waals surface area contributed by atoms with Gasteiger partial charge in [0.15, 0.2) is 0 Å². The number of allylic oxidation sites excluding steroid dienone is 2. The van der Waals surface area contributed by atoms with Crippen molar-refractivity contribution in [3.05, 3.63) is 142 Å². The molecule has 3 aromatic rings. The van der Waals surface area contributed by atoms with E-state index in [1.54, 1.807) is 36.4 Å². The van der Waals surface area contributed by atoms with Gasteiger partial charge in [0.25, 0.3) is 5.91 Å². The molecule has 0 unspecified atom stereocenters. The van der Waals surface area contributed by atoms with Crippen molar-refractivity contribution < 1.29 is 39.9 Å². The Morgan fingerprint density at radius 2 is 1.60 bits per heavy atom. The smallest absolute Gasteiger partial charge is 0.338 e. The standard InChI is InChI=1S/C29H20BrF8NO/c1-18(14-22(12-13-31)28(33,34)35)27(17-19-6-3-2-4-7-19,21-8-5-9-23(30)16-21)39-26(40)20-10-11-25(32)24(15-20)29(36,37)38/h2-16H,1,17H2,(H,39,40)/t27-/m0/s1. The molecule has 1 atom stereocenters. The van der Waals surface area contributed by atoms with Gasteiger partial charge < -0.3 is 5.32 Å². The molecule has 0 radical (unpaired) electrons. The molecule has 3 rings (SSSR count). The van der Waals surface area contributed by atoms with Gasteiger partial charge in [-0.05, 0) is 59.2 Å². The number of halogens is 9. The lowest BCUT2D eigenvalue weighted by Crippen LogP contribution is -2.49. The molecular formula is C29H20BrF8NO. The molecule has 0 aliphatic rings. The van der Waals surface area contributed by atoms with Gasteiger partial charge in [0, 0.05) is 16.5 Å². The number of rotatable bonds is 8. The molecule has 0 aliphatic heterocycles. The van der Waals surface area contributed by atoms with Crippen molar-refractivity contribution in [2.24, 2.45) is 0 Å². The number of amides is 1. The summed E-state index contributed by atoms with van der Waals surface area (Å²) in [6.07, 6.45) is -9.91. The Kier molecular flexibility index (Phi) is 9.40. The number of carbonyl (C=O) groups excluding carboxylic acids is 1. The highest BCUT2D eigenvalue weighted by Gasteiger charge is 2.40. The van der Waals surface area contributed by atoms with Crippen LogP contribution in [0.5, 0.6) is 0 Å². The molecule has 0 spiro atoms. The first-order valence-electron chi connectivity index (χ1n) is 11.4. The minimum Gasteiger partial charge on any atom is -0.338 e. The second-order valence-electron chi connectivity index (χ2n) is 8.64. The minimum absolute atomic E-state index is 0.177. The van der Waals surface area contributed by atoms with Crippen molar-refractivity contribution in [1.29, 1.82) is 0 Å². The molecule has 0 aromatic heterocycles. The van der Waals surface area contributed by atoms with Crippen LogP contribution in [-0.2, 0) is 18.1 Å². The number of alkyl halides is 6. The monoisotopic (exact) mass is 629 g/mol. The van der Waals surface area contributed by atoms with E-state index in [0.29, 0.717) is 28.2 Å². The maximum Gasteiger partial charge on any atom is 0.419 e. The fourth-order valence-electron chi connectivity index (χ4n) is 4.01. The van der Waals surface area contributed by atoms with Gasteiger partial charge in [0.1, 0.15) is 5.82 Å². The van der Waals surface area contributed by atoms with E-state index in [-0.39, 0.29) is 30.0 Å². The average Bonchev–Trinajstić information content (AvgIpc) is 2.87. The van der Waals surface area contributed by atoms with Gasteiger partial charge in [-0.2, -0.15) is 26.3 Å². The van der Waals surface area contributed by atoms with Gasteiger partial charge in [-0.1, -0.05) is 65.0 Å². The number of nitrogens with one attached hydrogen (secondary N) is 1. The molecule has 210 valence electrons. The van der Waals surface area contributed by atoms with E-state index >= 15 is 0 Å².